The summed E-state index contributed by atoms with van der Waals surface area (Å²) in [5.74, 6) is 0. The highest BCUT2D eigenvalue weighted by atomic mass is 32.2. The molecule has 1 aliphatic rings. The maximum atomic E-state index is 3.69. The van der Waals surface area contributed by atoms with E-state index >= 15 is 0 Å². The number of nitrogens with zero attached hydrogens (tertiary/aromatic N) is 1. The van der Waals surface area contributed by atoms with Crippen LogP contribution in [0, 0.1) is 0 Å². The van der Waals surface area contributed by atoms with Gasteiger partial charge >= 0.3 is 0 Å². The molecule has 0 bridgehead atoms. The molecule has 0 aromatic heterocycles. The van der Waals surface area contributed by atoms with Gasteiger partial charge in [-0.3, -0.25) is 0 Å². The molecule has 1 aliphatic heterocycles. The van der Waals surface area contributed by atoms with Crippen LogP contribution in [-0.2, 0) is 0 Å². The van der Waals surface area contributed by atoms with Crippen molar-refractivity contribution in [2.45, 2.75) is 30.6 Å². The van der Waals surface area contributed by atoms with E-state index in [0.717, 1.165) is 19.6 Å². The molecule has 0 aliphatic carbocycles. The first-order valence-corrected chi connectivity index (χ1v) is 10.2. The van der Waals surface area contributed by atoms with Gasteiger partial charge in [0.05, 0.1) is 11.4 Å². The van der Waals surface area contributed by atoms with Gasteiger partial charge in [-0.15, -0.1) is 0 Å². The molecule has 3 aromatic rings. The molecule has 4 heteroatoms. The molecule has 0 saturated heterocycles. The van der Waals surface area contributed by atoms with Crippen LogP contribution < -0.4 is 15.5 Å². The van der Waals surface area contributed by atoms with Crippen molar-refractivity contribution in [1.29, 1.82) is 0 Å². The van der Waals surface area contributed by atoms with Gasteiger partial charge in [0.15, 0.2) is 0 Å². The lowest BCUT2D eigenvalue weighted by molar-refractivity contribution is 0.864. The topological polar surface area (TPSA) is 27.3 Å². The number of fused-ring (bicyclic) bond motifs is 4. The van der Waals surface area contributed by atoms with Crippen LogP contribution in [0.25, 0.3) is 10.8 Å². The first-order chi connectivity index (χ1) is 12.7. The lowest BCUT2D eigenvalue weighted by atomic mass is 10.1. The van der Waals surface area contributed by atoms with Crippen LogP contribution in [0.15, 0.2) is 58.3 Å². The summed E-state index contributed by atoms with van der Waals surface area (Å²) in [4.78, 5) is 4.96. The Morgan fingerprint density at radius 2 is 1.69 bits per heavy atom. The Balaban J connectivity index is 1.80. The Labute approximate surface area is 159 Å². The van der Waals surface area contributed by atoms with Gasteiger partial charge in [0.2, 0.25) is 0 Å². The van der Waals surface area contributed by atoms with Gasteiger partial charge in [-0.1, -0.05) is 36.0 Å². The van der Waals surface area contributed by atoms with Gasteiger partial charge in [0, 0.05) is 51.6 Å². The molecular weight excluding hydrogens is 338 g/mol. The fourth-order valence-electron chi connectivity index (χ4n) is 3.63. The summed E-state index contributed by atoms with van der Waals surface area (Å²) < 4.78 is 0. The lowest BCUT2D eigenvalue weighted by Crippen LogP contribution is -2.21. The normalized spacial score (nSPS) is 12.3. The maximum absolute atomic E-state index is 3.69. The van der Waals surface area contributed by atoms with E-state index < -0.39 is 0 Å². The largest absolute Gasteiger partial charge is 0.385 e. The zero-order chi connectivity index (χ0) is 18.1. The van der Waals surface area contributed by atoms with E-state index in [4.69, 9.17) is 0 Å². The third kappa shape index (κ3) is 2.88. The molecule has 2 N–H and O–H groups in total. The predicted octanol–water partition coefficient (Wildman–Crippen LogP) is 6.33. The second-order valence-corrected chi connectivity index (χ2v) is 7.54. The molecule has 26 heavy (non-hydrogen) atoms. The van der Waals surface area contributed by atoms with Crippen LogP contribution in [0.4, 0.5) is 22.7 Å². The number of anilines is 4. The van der Waals surface area contributed by atoms with Gasteiger partial charge in [0.25, 0.3) is 0 Å². The molecule has 0 atom stereocenters. The second kappa shape index (κ2) is 7.12. The van der Waals surface area contributed by atoms with E-state index in [1.54, 1.807) is 0 Å². The Morgan fingerprint density at radius 1 is 0.923 bits per heavy atom. The van der Waals surface area contributed by atoms with Crippen molar-refractivity contribution in [2.75, 3.05) is 35.2 Å². The summed E-state index contributed by atoms with van der Waals surface area (Å²) in [6, 6.07) is 17.7. The predicted molar refractivity (Wildman–Crippen MR) is 116 cm³/mol. The van der Waals surface area contributed by atoms with Crippen molar-refractivity contribution < 1.29 is 0 Å². The fraction of sp³-hybridized carbons (Fsp3) is 0.273. The summed E-state index contributed by atoms with van der Waals surface area (Å²) >= 11 is 1.86. The van der Waals surface area contributed by atoms with E-state index in [9.17, 15) is 0 Å². The highest BCUT2D eigenvalue weighted by Crippen LogP contribution is 2.49. The highest BCUT2D eigenvalue weighted by Gasteiger charge is 2.20. The van der Waals surface area contributed by atoms with E-state index in [-0.39, 0.29) is 0 Å². The molecule has 4 rings (SSSR count). The summed E-state index contributed by atoms with van der Waals surface area (Å²) in [6.07, 6.45) is 0. The number of benzene rings is 3. The number of hydrogen-bond donors (Lipinski definition) is 2. The molecule has 134 valence electrons. The molecule has 0 radical (unpaired) electrons. The highest BCUT2D eigenvalue weighted by molar-refractivity contribution is 7.99. The molecule has 0 unspecified atom stereocenters. The van der Waals surface area contributed by atoms with Crippen LogP contribution in [0.2, 0.25) is 0 Å². The van der Waals surface area contributed by atoms with Crippen molar-refractivity contribution in [3.63, 3.8) is 0 Å². The third-order valence-corrected chi connectivity index (χ3v) is 6.05. The van der Waals surface area contributed by atoms with E-state index in [2.05, 4.69) is 84.8 Å². The molecule has 0 saturated carbocycles. The Kier molecular flexibility index (Phi) is 4.68. The van der Waals surface area contributed by atoms with Crippen molar-refractivity contribution in [3.05, 3.63) is 48.5 Å². The first kappa shape index (κ1) is 17.1. The van der Waals surface area contributed by atoms with Crippen LogP contribution in [0.1, 0.15) is 20.8 Å². The molecular formula is C22H25N3S. The number of rotatable bonds is 5. The van der Waals surface area contributed by atoms with Crippen LogP contribution in [-0.4, -0.2) is 19.6 Å². The van der Waals surface area contributed by atoms with Crippen molar-refractivity contribution >= 4 is 45.3 Å². The summed E-state index contributed by atoms with van der Waals surface area (Å²) in [6.45, 7) is 9.53. The van der Waals surface area contributed by atoms with E-state index in [1.807, 2.05) is 11.8 Å². The number of nitrogens with one attached hydrogen (secondary N) is 2. The summed E-state index contributed by atoms with van der Waals surface area (Å²) in [7, 11) is 0. The Hall–Kier alpha value is -2.33. The minimum Gasteiger partial charge on any atom is -0.385 e. The smallest absolute Gasteiger partial charge is 0.0607 e. The molecule has 0 spiro atoms. The molecule has 0 amide bonds. The van der Waals surface area contributed by atoms with Crippen LogP contribution in [0.5, 0.6) is 0 Å². The Bertz CT molecular complexity index is 948. The van der Waals surface area contributed by atoms with E-state index in [0.29, 0.717) is 0 Å². The standard InChI is InChI=1S/C22H25N3S/c1-4-23-19-14-21-22(17-10-8-7-9-16(17)19)24-18-12-11-15(13-20(18)26-21)25(5-2)6-3/h7-14,23-24H,4-6H2,1-3H3. The van der Waals surface area contributed by atoms with Crippen molar-refractivity contribution in [1.82, 2.24) is 0 Å². The minimum atomic E-state index is 0.920. The number of hydrogen-bond acceptors (Lipinski definition) is 4. The maximum Gasteiger partial charge on any atom is 0.0607 e. The molecule has 0 fully saturated rings. The second-order valence-electron chi connectivity index (χ2n) is 6.45. The molecule has 3 aromatic carbocycles. The summed E-state index contributed by atoms with van der Waals surface area (Å²) in [5, 5.41) is 9.75. The third-order valence-electron chi connectivity index (χ3n) is 4.95. The van der Waals surface area contributed by atoms with Gasteiger partial charge in [0.1, 0.15) is 0 Å². The van der Waals surface area contributed by atoms with Gasteiger partial charge in [-0.05, 0) is 45.0 Å². The zero-order valence-electron chi connectivity index (χ0n) is 15.6. The zero-order valence-corrected chi connectivity index (χ0v) is 16.4. The average Bonchev–Trinajstić information content (AvgIpc) is 2.68. The van der Waals surface area contributed by atoms with Gasteiger partial charge in [-0.25, -0.2) is 0 Å². The quantitative estimate of drug-likeness (QED) is 0.433. The molecule has 1 heterocycles. The molecule has 3 nitrogen and oxygen atoms in total. The summed E-state index contributed by atoms with van der Waals surface area (Å²) in [5.41, 5.74) is 4.91. The fourth-order valence-corrected chi connectivity index (χ4v) is 4.72. The van der Waals surface area contributed by atoms with Gasteiger partial charge in [-0.2, -0.15) is 0 Å². The SMILES string of the molecule is CCNc1cc2c(c3ccccc13)Nc1ccc(N(CC)CC)cc1S2. The van der Waals surface area contributed by atoms with Crippen molar-refractivity contribution in [3.8, 4) is 0 Å². The average molecular weight is 364 g/mol. The van der Waals surface area contributed by atoms with Gasteiger partial charge < -0.3 is 15.5 Å². The Morgan fingerprint density at radius 3 is 2.42 bits per heavy atom. The lowest BCUT2D eigenvalue weighted by Gasteiger charge is -2.27. The van der Waals surface area contributed by atoms with E-state index in [1.165, 1.54) is 43.3 Å². The minimum absolute atomic E-state index is 0.920. The monoisotopic (exact) mass is 363 g/mol. The first-order valence-electron chi connectivity index (χ1n) is 9.38. The van der Waals surface area contributed by atoms with Crippen LogP contribution in [0.3, 0.4) is 0 Å². The van der Waals surface area contributed by atoms with Crippen LogP contribution >= 0.6 is 11.8 Å². The van der Waals surface area contributed by atoms with Crippen molar-refractivity contribution in [2.24, 2.45) is 0 Å².